The van der Waals surface area contributed by atoms with Crippen molar-refractivity contribution in [3.8, 4) is 0 Å². The minimum absolute atomic E-state index is 0.0193. The molecule has 0 amide bonds. The number of allylic oxidation sites excluding steroid dienone is 2. The minimum Gasteiger partial charge on any atom is -0.432 e. The summed E-state index contributed by atoms with van der Waals surface area (Å²) >= 11 is 0. The monoisotopic (exact) mass is 1220 g/mol. The lowest BCUT2D eigenvalue weighted by atomic mass is 9.33. The molecule has 0 aromatic rings. The van der Waals surface area contributed by atoms with E-state index in [4.69, 9.17) is 47.4 Å². The summed E-state index contributed by atoms with van der Waals surface area (Å²) in [7, 11) is 0. The molecule has 0 aromatic carbocycles. The van der Waals surface area contributed by atoms with Crippen LogP contribution in [0.15, 0.2) is 11.6 Å². The number of carbonyl (C=O) groups is 1. The minimum atomic E-state index is -1.90. The van der Waals surface area contributed by atoms with Gasteiger partial charge in [-0.25, -0.2) is 0 Å². The molecule has 5 aliphatic carbocycles. The molecule has 26 heteroatoms. The van der Waals surface area contributed by atoms with E-state index in [-0.39, 0.29) is 45.8 Å². The van der Waals surface area contributed by atoms with Gasteiger partial charge in [-0.3, -0.25) is 4.79 Å². The Balaban J connectivity index is 0.830. The van der Waals surface area contributed by atoms with Gasteiger partial charge in [0.1, 0.15) is 104 Å². The zero-order valence-corrected chi connectivity index (χ0v) is 50.0. The molecule has 15 N–H and O–H groups in total. The Morgan fingerprint density at radius 2 is 1.09 bits per heavy atom. The Bertz CT molecular complexity index is 2370. The predicted octanol–water partition coefficient (Wildman–Crippen LogP) is -2.34. The molecule has 0 spiro atoms. The molecule has 9 fully saturated rings. The zero-order chi connectivity index (χ0) is 62.1. The van der Waals surface area contributed by atoms with Crippen molar-refractivity contribution in [1.82, 2.24) is 0 Å². The zero-order valence-electron chi connectivity index (χ0n) is 50.0. The van der Waals surface area contributed by atoms with Crippen LogP contribution in [0.4, 0.5) is 0 Å². The lowest BCUT2D eigenvalue weighted by Crippen LogP contribution is -2.67. The maximum Gasteiger partial charge on any atom is 0.315 e. The van der Waals surface area contributed by atoms with E-state index in [9.17, 15) is 76.6 Å². The molecule has 0 bridgehead atoms. The quantitative estimate of drug-likeness (QED) is 0.0553. The summed E-state index contributed by atoms with van der Waals surface area (Å²) < 4.78 is 59.2. The van der Waals surface area contributed by atoms with Crippen molar-refractivity contribution >= 4 is 5.97 Å². The van der Waals surface area contributed by atoms with Gasteiger partial charge in [0, 0.05) is 0 Å². The molecule has 0 aromatic heterocycles. The Morgan fingerprint density at radius 1 is 0.529 bits per heavy atom. The first kappa shape index (κ1) is 66.2. The van der Waals surface area contributed by atoms with Crippen molar-refractivity contribution in [2.45, 2.75) is 280 Å². The summed E-state index contributed by atoms with van der Waals surface area (Å²) in [6, 6.07) is 0. The summed E-state index contributed by atoms with van der Waals surface area (Å²) in [6.45, 7) is 17.3. The number of fused-ring (bicyclic) bond motifs is 7. The molecule has 10 rings (SSSR count). The third-order valence-corrected chi connectivity index (χ3v) is 23.5. The lowest BCUT2D eigenvalue weighted by molar-refractivity contribution is -0.394. The van der Waals surface area contributed by atoms with Gasteiger partial charge in [0.15, 0.2) is 31.5 Å². The highest BCUT2D eigenvalue weighted by atomic mass is 16.8. The van der Waals surface area contributed by atoms with Gasteiger partial charge in [0.25, 0.3) is 0 Å². The summed E-state index contributed by atoms with van der Waals surface area (Å²) in [6.07, 6.45) is -32.5. The molecule has 488 valence electrons. The van der Waals surface area contributed by atoms with Gasteiger partial charge in [-0.15, -0.1) is 0 Å². The van der Waals surface area contributed by atoms with Crippen LogP contribution in [0.1, 0.15) is 120 Å². The average molecular weight is 1220 g/mol. The van der Waals surface area contributed by atoms with Crippen LogP contribution in [-0.2, 0) is 52.2 Å². The highest BCUT2D eigenvalue weighted by molar-refractivity contribution is 5.79. The normalized spacial score (nSPS) is 56.1. The van der Waals surface area contributed by atoms with E-state index in [2.05, 4.69) is 54.5 Å². The first-order valence-electron chi connectivity index (χ1n) is 30.7. The smallest absolute Gasteiger partial charge is 0.315 e. The number of hydrogen-bond donors (Lipinski definition) is 15. The fourth-order valence-corrected chi connectivity index (χ4v) is 17.8. The fourth-order valence-electron chi connectivity index (χ4n) is 17.8. The van der Waals surface area contributed by atoms with Crippen LogP contribution in [0.2, 0.25) is 0 Å². The van der Waals surface area contributed by atoms with E-state index >= 15 is 4.79 Å². The summed E-state index contributed by atoms with van der Waals surface area (Å²) in [5.74, 6) is -0.352. The summed E-state index contributed by atoms with van der Waals surface area (Å²) in [5, 5.41) is 162. The molecule has 85 heavy (non-hydrogen) atoms. The second kappa shape index (κ2) is 24.4. The molecular weight excluding hydrogens is 1120 g/mol. The second-order valence-electron chi connectivity index (χ2n) is 28.2. The van der Waals surface area contributed by atoms with Gasteiger partial charge in [0.05, 0.1) is 36.9 Å². The van der Waals surface area contributed by atoms with Gasteiger partial charge in [0.2, 0.25) is 6.29 Å². The van der Waals surface area contributed by atoms with Crippen LogP contribution in [0.3, 0.4) is 0 Å². The SMILES string of the molecule is C[C@H]1[C@H]2C3=CC[C@@H]4[C@@]5(C)CC[C@H](O[C@@H]6O[C@H](O)[C@H](O)[C@@H](O)[C@H]6O[C@@H]6O[C@@H](C)[C@H](O)[C@@H](O)[C@H]6O)C(C)(C)[C@@H]5CC[C@@]4(C)[C@]3(C)CC[C@@]2(C(=O)O[C@@H]2O[C@H](CO[C@@H]3O[C@H](CO)[C@@H](O[C@@H]4O[C@@H](C)[C@H](O)[C@@H](O)[C@H]4O)[C@H](O)[C@H]3O)[C@@H](O)[C@H](O)[C@H]2O)CC[C@@H]1C. The van der Waals surface area contributed by atoms with Crippen LogP contribution in [-0.4, -0.2) is 256 Å². The van der Waals surface area contributed by atoms with Gasteiger partial charge < -0.3 is 124 Å². The third-order valence-electron chi connectivity index (χ3n) is 23.5. The molecule has 5 heterocycles. The van der Waals surface area contributed by atoms with Gasteiger partial charge in [-0.1, -0.05) is 60.1 Å². The number of rotatable bonds is 12. The highest BCUT2D eigenvalue weighted by Crippen LogP contribution is 2.76. The Hall–Kier alpha value is -1.75. The van der Waals surface area contributed by atoms with E-state index in [0.717, 1.165) is 32.1 Å². The van der Waals surface area contributed by atoms with Crippen molar-refractivity contribution in [2.75, 3.05) is 13.2 Å². The molecule has 10 aliphatic rings. The first-order valence-corrected chi connectivity index (χ1v) is 30.7. The first-order chi connectivity index (χ1) is 39.8. The predicted molar refractivity (Wildman–Crippen MR) is 288 cm³/mol. The number of aliphatic hydroxyl groups is 15. The van der Waals surface area contributed by atoms with E-state index in [1.54, 1.807) is 0 Å². The number of carbonyl (C=O) groups excluding carboxylic acids is 1. The Kier molecular flexibility index (Phi) is 19.0. The largest absolute Gasteiger partial charge is 0.432 e. The number of aliphatic hydroxyl groups excluding tert-OH is 15. The third kappa shape index (κ3) is 10.9. The summed E-state index contributed by atoms with van der Waals surface area (Å²) in [5.41, 5.74) is -1.23. The maximum atomic E-state index is 15.3. The number of hydrogen-bond acceptors (Lipinski definition) is 26. The van der Waals surface area contributed by atoms with E-state index in [1.165, 1.54) is 19.4 Å². The van der Waals surface area contributed by atoms with E-state index in [1.807, 2.05) is 0 Å². The van der Waals surface area contributed by atoms with Crippen molar-refractivity contribution in [3.63, 3.8) is 0 Å². The van der Waals surface area contributed by atoms with Crippen LogP contribution < -0.4 is 0 Å². The van der Waals surface area contributed by atoms with E-state index < -0.39 is 190 Å². The molecule has 0 radical (unpaired) electrons. The van der Waals surface area contributed by atoms with Crippen LogP contribution in [0.25, 0.3) is 0 Å². The second-order valence-corrected chi connectivity index (χ2v) is 28.2. The van der Waals surface area contributed by atoms with Crippen LogP contribution in [0.5, 0.6) is 0 Å². The molecule has 5 saturated heterocycles. The highest BCUT2D eigenvalue weighted by Gasteiger charge is 2.71. The maximum absolute atomic E-state index is 15.3. The van der Waals surface area contributed by atoms with Crippen molar-refractivity contribution in [2.24, 2.45) is 56.7 Å². The van der Waals surface area contributed by atoms with Gasteiger partial charge in [-0.05, 0) is 123 Å². The van der Waals surface area contributed by atoms with Crippen LogP contribution >= 0.6 is 0 Å². The summed E-state index contributed by atoms with van der Waals surface area (Å²) in [4.78, 5) is 15.3. The fraction of sp³-hybridized carbons (Fsp3) is 0.949. The van der Waals surface area contributed by atoms with Gasteiger partial charge in [-0.2, -0.15) is 0 Å². The molecular formula is C59H96O26. The van der Waals surface area contributed by atoms with Crippen molar-refractivity contribution in [3.05, 3.63) is 11.6 Å². The molecule has 0 unspecified atom stereocenters. The standard InChI is InChI=1S/C59H96O26/c1-22-12-17-59(54(75)85-52-44(72)38(66)35(63)28(80-52)21-76-49-45(73)40(68)46(27(20-60)79-49)82-50-42(70)36(64)33(61)24(3)77-50)19-18-57(8)26(32(59)23(22)2)10-11-30-56(7)15-14-31(55(5,6)29(56)13-16-58(30,57)9)81-53-47(39(67)41(69)48(74)84-53)83-51-43(71)37(65)34(62)25(4)78-51/h10,22-25,27-53,60-74H,11-21H2,1-9H3/t22-,23+,24-,25-,27+,28+,29-,30+,31-,32-,33-,34-,35+,36+,37+,38-,39+,40+,41+,42+,43+,44+,45+,46+,47+,48-,49+,50-,51-,52-,53+,56-,57+,58+,59-/m0/s1. The number of ether oxygens (including phenoxy) is 10. The molecule has 4 saturated carbocycles. The topological polar surface area (TPSA) is 413 Å². The average Bonchev–Trinajstić information content (AvgIpc) is 0.706. The Labute approximate surface area is 494 Å². The lowest BCUT2D eigenvalue weighted by Gasteiger charge is -2.71. The van der Waals surface area contributed by atoms with Crippen LogP contribution in [0, 0.1) is 56.7 Å². The van der Waals surface area contributed by atoms with E-state index in [0.29, 0.717) is 25.7 Å². The molecule has 5 aliphatic heterocycles. The molecule has 35 atom stereocenters. The Morgan fingerprint density at radius 3 is 1.72 bits per heavy atom. The van der Waals surface area contributed by atoms with Gasteiger partial charge >= 0.3 is 5.97 Å². The number of esters is 1. The van der Waals surface area contributed by atoms with Crippen molar-refractivity contribution in [1.29, 1.82) is 0 Å². The van der Waals surface area contributed by atoms with Crippen molar-refractivity contribution < 1.29 is 129 Å². The molecule has 26 nitrogen and oxygen atoms in total.